The normalized spacial score (nSPS) is 11.8. The lowest BCUT2D eigenvalue weighted by Gasteiger charge is -2.11. The molecule has 0 aliphatic carbocycles. The van der Waals surface area contributed by atoms with Crippen molar-refractivity contribution in [1.29, 1.82) is 5.26 Å². The minimum Gasteiger partial charge on any atom is -0.390 e. The summed E-state index contributed by atoms with van der Waals surface area (Å²) in [5, 5.41) is 20.8. The summed E-state index contributed by atoms with van der Waals surface area (Å²) >= 11 is 0. The second-order valence-electron chi connectivity index (χ2n) is 3.21. The Kier molecular flexibility index (Phi) is 3.96. The van der Waals surface area contributed by atoms with Gasteiger partial charge < -0.3 is 10.4 Å². The van der Waals surface area contributed by atoms with Gasteiger partial charge in [-0.25, -0.2) is 0 Å². The standard InChI is InChI=1S/C11H14N2O/c1-9-4-2-3-5-11(9)13-8-10(14)6-7-12/h2-5,10,13-14H,6,8H2,1H3. The fraction of sp³-hybridized carbons (Fsp3) is 0.364. The number of nitrogens with one attached hydrogen (secondary N) is 1. The number of nitrogens with zero attached hydrogens (tertiary/aromatic N) is 1. The van der Waals surface area contributed by atoms with Crippen LogP contribution in [0.3, 0.4) is 0 Å². The first kappa shape index (κ1) is 10.6. The number of hydrogen-bond acceptors (Lipinski definition) is 3. The summed E-state index contributed by atoms with van der Waals surface area (Å²) in [7, 11) is 0. The lowest BCUT2D eigenvalue weighted by molar-refractivity contribution is 0.193. The fourth-order valence-corrected chi connectivity index (χ4v) is 1.18. The topological polar surface area (TPSA) is 56.0 Å². The molecule has 3 heteroatoms. The number of anilines is 1. The van der Waals surface area contributed by atoms with Crippen LogP contribution >= 0.6 is 0 Å². The Morgan fingerprint density at radius 1 is 1.50 bits per heavy atom. The molecule has 0 saturated heterocycles. The van der Waals surface area contributed by atoms with E-state index < -0.39 is 6.10 Å². The molecule has 14 heavy (non-hydrogen) atoms. The largest absolute Gasteiger partial charge is 0.390 e. The predicted molar refractivity (Wildman–Crippen MR) is 55.9 cm³/mol. The summed E-state index contributed by atoms with van der Waals surface area (Å²) in [5.41, 5.74) is 2.14. The van der Waals surface area contributed by atoms with Gasteiger partial charge in [-0.05, 0) is 18.6 Å². The Bertz CT molecular complexity index is 330. The van der Waals surface area contributed by atoms with E-state index in [4.69, 9.17) is 5.26 Å². The number of nitriles is 1. The lowest BCUT2D eigenvalue weighted by Crippen LogP contribution is -2.19. The number of hydrogen-bond donors (Lipinski definition) is 2. The molecule has 1 rings (SSSR count). The van der Waals surface area contributed by atoms with E-state index in [1.54, 1.807) is 0 Å². The Hall–Kier alpha value is -1.53. The van der Waals surface area contributed by atoms with Gasteiger partial charge in [0.25, 0.3) is 0 Å². The highest BCUT2D eigenvalue weighted by molar-refractivity contribution is 5.50. The maximum atomic E-state index is 9.32. The van der Waals surface area contributed by atoms with Crippen molar-refractivity contribution in [2.75, 3.05) is 11.9 Å². The molecule has 2 N–H and O–H groups in total. The van der Waals surface area contributed by atoms with Crippen LogP contribution in [-0.2, 0) is 0 Å². The van der Waals surface area contributed by atoms with E-state index in [-0.39, 0.29) is 6.42 Å². The lowest BCUT2D eigenvalue weighted by atomic mass is 10.2. The molecule has 3 nitrogen and oxygen atoms in total. The second kappa shape index (κ2) is 5.25. The van der Waals surface area contributed by atoms with Gasteiger partial charge >= 0.3 is 0 Å². The third-order valence-corrected chi connectivity index (χ3v) is 2.00. The molecule has 0 saturated carbocycles. The fourth-order valence-electron chi connectivity index (χ4n) is 1.18. The Balaban J connectivity index is 2.46. The zero-order valence-electron chi connectivity index (χ0n) is 8.20. The minimum absolute atomic E-state index is 0.166. The molecule has 0 aliphatic rings. The number of aliphatic hydroxyl groups excluding tert-OH is 1. The zero-order chi connectivity index (χ0) is 10.4. The molecule has 0 heterocycles. The molecule has 74 valence electrons. The molecule has 0 spiro atoms. The molecule has 0 amide bonds. The van der Waals surface area contributed by atoms with Gasteiger partial charge in [-0.3, -0.25) is 0 Å². The van der Waals surface area contributed by atoms with Crippen LogP contribution in [0, 0.1) is 18.3 Å². The molecular weight excluding hydrogens is 176 g/mol. The molecule has 1 unspecified atom stereocenters. The van der Waals surface area contributed by atoms with Crippen LogP contribution in [0.1, 0.15) is 12.0 Å². The first-order valence-corrected chi connectivity index (χ1v) is 4.58. The smallest absolute Gasteiger partial charge is 0.0842 e. The van der Waals surface area contributed by atoms with Gasteiger partial charge in [-0.2, -0.15) is 5.26 Å². The van der Waals surface area contributed by atoms with Crippen molar-refractivity contribution in [1.82, 2.24) is 0 Å². The van der Waals surface area contributed by atoms with Gasteiger partial charge in [0, 0.05) is 12.2 Å². The average molecular weight is 190 g/mol. The molecule has 0 radical (unpaired) electrons. The molecule has 1 aromatic rings. The highest BCUT2D eigenvalue weighted by Gasteiger charge is 2.03. The quantitative estimate of drug-likeness (QED) is 0.759. The van der Waals surface area contributed by atoms with Gasteiger partial charge in [0.2, 0.25) is 0 Å². The van der Waals surface area contributed by atoms with Crippen molar-refractivity contribution in [2.24, 2.45) is 0 Å². The molecule has 1 aromatic carbocycles. The van der Waals surface area contributed by atoms with Crippen LogP contribution in [0.15, 0.2) is 24.3 Å². The van der Waals surface area contributed by atoms with Crippen LogP contribution < -0.4 is 5.32 Å². The summed E-state index contributed by atoms with van der Waals surface area (Å²) in [6.45, 7) is 2.41. The third kappa shape index (κ3) is 3.08. The van der Waals surface area contributed by atoms with Gasteiger partial charge in [-0.15, -0.1) is 0 Å². The van der Waals surface area contributed by atoms with Gasteiger partial charge in [0.1, 0.15) is 0 Å². The van der Waals surface area contributed by atoms with Crippen molar-refractivity contribution < 1.29 is 5.11 Å². The third-order valence-electron chi connectivity index (χ3n) is 2.00. The van der Waals surface area contributed by atoms with Crippen LogP contribution in [0.4, 0.5) is 5.69 Å². The Morgan fingerprint density at radius 3 is 2.86 bits per heavy atom. The summed E-state index contributed by atoms with van der Waals surface area (Å²) in [6.07, 6.45) is -0.432. The predicted octanol–water partition coefficient (Wildman–Crippen LogP) is 1.68. The average Bonchev–Trinajstić information content (AvgIpc) is 2.17. The van der Waals surface area contributed by atoms with Gasteiger partial charge in [0.05, 0.1) is 18.6 Å². The van der Waals surface area contributed by atoms with Crippen molar-refractivity contribution in [3.05, 3.63) is 29.8 Å². The number of para-hydroxylation sites is 1. The molecule has 1 atom stereocenters. The van der Waals surface area contributed by atoms with E-state index in [1.807, 2.05) is 37.3 Å². The summed E-state index contributed by atoms with van der Waals surface area (Å²) in [4.78, 5) is 0. The maximum Gasteiger partial charge on any atom is 0.0842 e. The van der Waals surface area contributed by atoms with Crippen molar-refractivity contribution in [3.63, 3.8) is 0 Å². The van der Waals surface area contributed by atoms with Gasteiger partial charge in [0.15, 0.2) is 0 Å². The highest BCUT2D eigenvalue weighted by atomic mass is 16.3. The minimum atomic E-state index is -0.598. The van der Waals surface area contributed by atoms with E-state index in [1.165, 1.54) is 0 Å². The van der Waals surface area contributed by atoms with Crippen molar-refractivity contribution >= 4 is 5.69 Å². The Morgan fingerprint density at radius 2 is 2.21 bits per heavy atom. The van der Waals surface area contributed by atoms with E-state index in [2.05, 4.69) is 5.32 Å². The van der Waals surface area contributed by atoms with Gasteiger partial charge in [-0.1, -0.05) is 18.2 Å². The number of aliphatic hydroxyl groups is 1. The maximum absolute atomic E-state index is 9.32. The first-order chi connectivity index (χ1) is 6.74. The van der Waals surface area contributed by atoms with E-state index >= 15 is 0 Å². The summed E-state index contributed by atoms with van der Waals surface area (Å²) in [5.74, 6) is 0. The van der Waals surface area contributed by atoms with Crippen molar-refractivity contribution in [2.45, 2.75) is 19.4 Å². The van der Waals surface area contributed by atoms with Crippen molar-refractivity contribution in [3.8, 4) is 6.07 Å². The zero-order valence-corrected chi connectivity index (χ0v) is 8.20. The van der Waals surface area contributed by atoms with Crippen LogP contribution in [0.5, 0.6) is 0 Å². The number of benzene rings is 1. The number of rotatable bonds is 4. The summed E-state index contributed by atoms with van der Waals surface area (Å²) in [6, 6.07) is 9.78. The SMILES string of the molecule is Cc1ccccc1NCC(O)CC#N. The van der Waals surface area contributed by atoms with E-state index in [0.29, 0.717) is 6.54 Å². The molecule has 0 aliphatic heterocycles. The van der Waals surface area contributed by atoms with E-state index in [0.717, 1.165) is 11.3 Å². The highest BCUT2D eigenvalue weighted by Crippen LogP contribution is 2.12. The van der Waals surface area contributed by atoms with E-state index in [9.17, 15) is 5.11 Å². The van der Waals surface area contributed by atoms with Crippen LogP contribution in [0.2, 0.25) is 0 Å². The molecule has 0 bridgehead atoms. The molecule has 0 fully saturated rings. The number of aryl methyl sites for hydroxylation is 1. The monoisotopic (exact) mass is 190 g/mol. The molecular formula is C11H14N2O. The summed E-state index contributed by atoms with van der Waals surface area (Å²) < 4.78 is 0. The second-order valence-corrected chi connectivity index (χ2v) is 3.21. The van der Waals surface area contributed by atoms with Crippen LogP contribution in [-0.4, -0.2) is 17.8 Å². The first-order valence-electron chi connectivity index (χ1n) is 4.58. The van der Waals surface area contributed by atoms with Crippen LogP contribution in [0.25, 0.3) is 0 Å². The molecule has 0 aromatic heterocycles. The Labute approximate surface area is 84.0 Å².